The summed E-state index contributed by atoms with van der Waals surface area (Å²) in [7, 11) is 0. The number of rotatable bonds is 8. The fourth-order valence-electron chi connectivity index (χ4n) is 3.85. The van der Waals surface area contributed by atoms with Crippen LogP contribution >= 0.6 is 11.8 Å². The highest BCUT2D eigenvalue weighted by Crippen LogP contribution is 2.24. The average Bonchev–Trinajstić information content (AvgIpc) is 2.91. The first kappa shape index (κ1) is 24.7. The van der Waals surface area contributed by atoms with Crippen molar-refractivity contribution in [3.63, 3.8) is 0 Å². The Morgan fingerprint density at radius 1 is 1.03 bits per heavy atom. The largest absolute Gasteiger partial charge is 0.353 e. The second kappa shape index (κ2) is 11.8. The molecule has 0 spiro atoms. The Morgan fingerprint density at radius 3 is 2.54 bits per heavy atom. The molecule has 4 rings (SSSR count). The van der Waals surface area contributed by atoms with Crippen molar-refractivity contribution >= 4 is 29.4 Å². The van der Waals surface area contributed by atoms with Crippen LogP contribution in [-0.4, -0.2) is 57.8 Å². The molecule has 1 aromatic carbocycles. The third-order valence-corrected chi connectivity index (χ3v) is 6.81. The van der Waals surface area contributed by atoms with Gasteiger partial charge < -0.3 is 15.1 Å². The summed E-state index contributed by atoms with van der Waals surface area (Å²) < 4.78 is 0. The first-order valence-electron chi connectivity index (χ1n) is 11.8. The quantitative estimate of drug-likeness (QED) is 0.383. The minimum absolute atomic E-state index is 0.114. The molecule has 3 aromatic rings. The summed E-state index contributed by atoms with van der Waals surface area (Å²) in [6.07, 6.45) is 4.28. The number of aryl methyl sites for hydroxylation is 1. The number of nitrogens with one attached hydrogen (secondary N) is 1. The van der Waals surface area contributed by atoms with Crippen molar-refractivity contribution in [1.29, 1.82) is 0 Å². The number of pyridine rings is 1. The van der Waals surface area contributed by atoms with Gasteiger partial charge in [-0.1, -0.05) is 36.9 Å². The molecular formula is C26H30N6O2S. The second-order valence-electron chi connectivity index (χ2n) is 8.38. The van der Waals surface area contributed by atoms with E-state index < -0.39 is 0 Å². The lowest BCUT2D eigenvalue weighted by molar-refractivity contribution is -0.129. The fourth-order valence-corrected chi connectivity index (χ4v) is 4.67. The lowest BCUT2D eigenvalue weighted by Crippen LogP contribution is -2.48. The summed E-state index contributed by atoms with van der Waals surface area (Å²) in [5.41, 5.74) is 3.61. The van der Waals surface area contributed by atoms with Crippen LogP contribution in [0.4, 0.5) is 5.82 Å². The van der Waals surface area contributed by atoms with Gasteiger partial charge in [-0.3, -0.25) is 14.6 Å². The predicted octanol–water partition coefficient (Wildman–Crippen LogP) is 3.32. The van der Waals surface area contributed by atoms with Gasteiger partial charge in [0, 0.05) is 75.1 Å². The summed E-state index contributed by atoms with van der Waals surface area (Å²) in [5, 5.41) is 3.67. The van der Waals surface area contributed by atoms with Crippen molar-refractivity contribution in [3.8, 4) is 0 Å². The van der Waals surface area contributed by atoms with Crippen LogP contribution in [0.15, 0.2) is 60.0 Å². The molecule has 3 heterocycles. The minimum Gasteiger partial charge on any atom is -0.353 e. The highest BCUT2D eigenvalue weighted by molar-refractivity contribution is 7.98. The summed E-state index contributed by atoms with van der Waals surface area (Å²) in [6, 6.07) is 13.5. The molecule has 0 bridgehead atoms. The molecule has 0 saturated carbocycles. The van der Waals surface area contributed by atoms with Gasteiger partial charge in [-0.05, 0) is 35.7 Å². The molecule has 0 aliphatic carbocycles. The standard InChI is InChI=1S/C26H30N6O2S/c1-3-23-15-24(32-12-10-31(11-13-32)19(2)33)30-26(29-23)35-18-20-6-4-8-22(14-20)25(34)28-17-21-7-5-9-27-16-21/h4-9,14-16H,3,10-13,17-18H2,1-2H3,(H,28,34). The molecule has 35 heavy (non-hydrogen) atoms. The Kier molecular flexibility index (Phi) is 8.31. The third kappa shape index (κ3) is 6.79. The molecule has 182 valence electrons. The van der Waals surface area contributed by atoms with Crippen LogP contribution < -0.4 is 10.2 Å². The zero-order chi connectivity index (χ0) is 24.6. The number of anilines is 1. The van der Waals surface area contributed by atoms with Gasteiger partial charge in [0.2, 0.25) is 5.91 Å². The van der Waals surface area contributed by atoms with Crippen molar-refractivity contribution in [3.05, 3.63) is 77.2 Å². The van der Waals surface area contributed by atoms with Crippen LogP contribution in [0.5, 0.6) is 0 Å². The van der Waals surface area contributed by atoms with Crippen LogP contribution in [0, 0.1) is 0 Å². The maximum Gasteiger partial charge on any atom is 0.251 e. The normalized spacial score (nSPS) is 13.5. The molecule has 1 saturated heterocycles. The van der Waals surface area contributed by atoms with Gasteiger partial charge in [0.15, 0.2) is 5.16 Å². The number of amides is 2. The van der Waals surface area contributed by atoms with Crippen LogP contribution in [-0.2, 0) is 23.5 Å². The molecule has 0 radical (unpaired) electrons. The molecule has 9 heteroatoms. The first-order valence-corrected chi connectivity index (χ1v) is 12.8. The van der Waals surface area contributed by atoms with Gasteiger partial charge in [0.25, 0.3) is 5.91 Å². The number of benzene rings is 1. The van der Waals surface area contributed by atoms with Crippen molar-refractivity contribution in [2.45, 2.75) is 37.7 Å². The average molecular weight is 491 g/mol. The third-order valence-electron chi connectivity index (χ3n) is 5.89. The van der Waals surface area contributed by atoms with E-state index in [-0.39, 0.29) is 11.8 Å². The van der Waals surface area contributed by atoms with E-state index in [0.717, 1.165) is 47.3 Å². The Hall–Kier alpha value is -3.46. The van der Waals surface area contributed by atoms with E-state index in [1.54, 1.807) is 31.1 Å². The van der Waals surface area contributed by atoms with Crippen molar-refractivity contribution in [1.82, 2.24) is 25.2 Å². The topological polar surface area (TPSA) is 91.3 Å². The zero-order valence-electron chi connectivity index (χ0n) is 20.1. The number of hydrogen-bond donors (Lipinski definition) is 1. The van der Waals surface area contributed by atoms with Crippen molar-refractivity contribution < 1.29 is 9.59 Å². The fraction of sp³-hybridized carbons (Fsp3) is 0.346. The zero-order valence-corrected chi connectivity index (χ0v) is 20.9. The van der Waals surface area contributed by atoms with E-state index >= 15 is 0 Å². The Labute approximate surface area is 210 Å². The molecule has 0 atom stereocenters. The molecule has 1 fully saturated rings. The van der Waals surface area contributed by atoms with E-state index in [1.807, 2.05) is 47.4 Å². The lowest BCUT2D eigenvalue weighted by Gasteiger charge is -2.35. The van der Waals surface area contributed by atoms with Crippen LogP contribution in [0.2, 0.25) is 0 Å². The van der Waals surface area contributed by atoms with Gasteiger partial charge in [0.1, 0.15) is 5.82 Å². The number of carbonyl (C=O) groups excluding carboxylic acids is 2. The summed E-state index contributed by atoms with van der Waals surface area (Å²) in [6.45, 7) is 7.08. The second-order valence-corrected chi connectivity index (χ2v) is 9.32. The van der Waals surface area contributed by atoms with Crippen LogP contribution in [0.3, 0.4) is 0 Å². The van der Waals surface area contributed by atoms with Crippen molar-refractivity contribution in [2.24, 2.45) is 0 Å². The summed E-state index contributed by atoms with van der Waals surface area (Å²) in [4.78, 5) is 41.9. The maximum atomic E-state index is 12.6. The van der Waals surface area contributed by atoms with Gasteiger partial charge in [-0.2, -0.15) is 0 Å². The van der Waals surface area contributed by atoms with E-state index in [9.17, 15) is 9.59 Å². The molecule has 0 unspecified atom stereocenters. The monoisotopic (exact) mass is 490 g/mol. The number of piperazine rings is 1. The maximum absolute atomic E-state index is 12.6. The van der Waals surface area contributed by atoms with E-state index in [0.29, 0.717) is 31.0 Å². The smallest absolute Gasteiger partial charge is 0.251 e. The molecule has 2 amide bonds. The van der Waals surface area contributed by atoms with Gasteiger partial charge in [-0.15, -0.1) is 0 Å². The lowest BCUT2D eigenvalue weighted by atomic mass is 10.1. The molecule has 1 N–H and O–H groups in total. The van der Waals surface area contributed by atoms with Crippen LogP contribution in [0.1, 0.15) is 41.0 Å². The minimum atomic E-state index is -0.114. The van der Waals surface area contributed by atoms with E-state index in [1.165, 1.54) is 0 Å². The summed E-state index contributed by atoms with van der Waals surface area (Å²) in [5.74, 6) is 1.57. The number of carbonyl (C=O) groups is 2. The van der Waals surface area contributed by atoms with E-state index in [4.69, 9.17) is 9.97 Å². The molecule has 1 aliphatic rings. The molecular weight excluding hydrogens is 460 g/mol. The van der Waals surface area contributed by atoms with E-state index in [2.05, 4.69) is 22.1 Å². The number of nitrogens with zero attached hydrogens (tertiary/aromatic N) is 5. The highest BCUT2D eigenvalue weighted by Gasteiger charge is 2.20. The number of aromatic nitrogens is 3. The number of thioether (sulfide) groups is 1. The number of hydrogen-bond acceptors (Lipinski definition) is 7. The van der Waals surface area contributed by atoms with Crippen molar-refractivity contribution in [2.75, 3.05) is 31.1 Å². The summed E-state index contributed by atoms with van der Waals surface area (Å²) >= 11 is 1.56. The van der Waals surface area contributed by atoms with Gasteiger partial charge in [0.05, 0.1) is 0 Å². The SMILES string of the molecule is CCc1cc(N2CCN(C(C)=O)CC2)nc(SCc2cccc(C(=O)NCc3cccnc3)c2)n1. The van der Waals surface area contributed by atoms with Gasteiger partial charge >= 0.3 is 0 Å². The molecule has 1 aliphatic heterocycles. The highest BCUT2D eigenvalue weighted by atomic mass is 32.2. The Balaban J connectivity index is 1.38. The van der Waals surface area contributed by atoms with Crippen LogP contribution in [0.25, 0.3) is 0 Å². The Morgan fingerprint density at radius 2 is 1.83 bits per heavy atom. The Bertz CT molecular complexity index is 1170. The van der Waals surface area contributed by atoms with Gasteiger partial charge in [-0.25, -0.2) is 9.97 Å². The molecule has 8 nitrogen and oxygen atoms in total. The first-order chi connectivity index (χ1) is 17.0. The molecule has 2 aromatic heterocycles. The predicted molar refractivity (Wildman–Crippen MR) is 137 cm³/mol.